The van der Waals surface area contributed by atoms with Crippen LogP contribution in [0, 0.1) is 0 Å². The molecule has 2 aliphatic rings. The zero-order chi connectivity index (χ0) is 17.0. The Bertz CT molecular complexity index is 951. The molecule has 1 atom stereocenters. The smallest absolute Gasteiger partial charge is 0.0742 e. The molecule has 25 heavy (non-hydrogen) atoms. The van der Waals surface area contributed by atoms with Gasteiger partial charge in [0.05, 0.1) is 8.80 Å². The van der Waals surface area contributed by atoms with Gasteiger partial charge < -0.3 is 0 Å². The van der Waals surface area contributed by atoms with Gasteiger partial charge in [0.1, 0.15) is 0 Å². The second kappa shape index (κ2) is 5.57. The lowest BCUT2D eigenvalue weighted by Gasteiger charge is -2.27. The van der Waals surface area contributed by atoms with Crippen LogP contribution in [0.25, 0.3) is 17.2 Å². The van der Waals surface area contributed by atoms with Crippen LogP contribution in [-0.4, -0.2) is 8.80 Å². The van der Waals surface area contributed by atoms with E-state index in [0.717, 1.165) is 0 Å². The Kier molecular flexibility index (Phi) is 3.32. The molecule has 0 saturated carbocycles. The number of benzene rings is 3. The van der Waals surface area contributed by atoms with Crippen molar-refractivity contribution in [1.82, 2.24) is 0 Å². The average Bonchev–Trinajstić information content (AvgIpc) is 3.17. The summed E-state index contributed by atoms with van der Waals surface area (Å²) in [5.41, 5.74) is 8.79. The molecule has 0 fully saturated rings. The van der Waals surface area contributed by atoms with Crippen LogP contribution in [0.1, 0.15) is 34.1 Å². The van der Waals surface area contributed by atoms with Crippen LogP contribution in [0.5, 0.6) is 0 Å². The molecule has 0 aromatic heterocycles. The number of fused-ring (bicyclic) bond motifs is 4. The summed E-state index contributed by atoms with van der Waals surface area (Å²) in [4.78, 5) is 0. The summed E-state index contributed by atoms with van der Waals surface area (Å²) in [5.74, 6) is 0.937. The molecule has 0 spiro atoms. The first kappa shape index (κ1) is 14.9. The normalized spacial score (nSPS) is 18.0. The van der Waals surface area contributed by atoms with Gasteiger partial charge in [0.25, 0.3) is 0 Å². The molecule has 0 heterocycles. The molecule has 0 nitrogen and oxygen atoms in total. The van der Waals surface area contributed by atoms with Crippen molar-refractivity contribution < 1.29 is 0 Å². The topological polar surface area (TPSA) is 0 Å². The SMILES string of the molecule is C[Si](C)C1=Cc2ccccc2C1C1c2ccccc2-c2ccccc21. The largest absolute Gasteiger partial charge is 0.0746 e. The van der Waals surface area contributed by atoms with E-state index >= 15 is 0 Å². The quantitative estimate of drug-likeness (QED) is 0.483. The summed E-state index contributed by atoms with van der Waals surface area (Å²) in [6.07, 6.45) is 2.48. The molecule has 0 bridgehead atoms. The maximum absolute atomic E-state index is 2.48. The molecule has 3 aromatic rings. The van der Waals surface area contributed by atoms with Gasteiger partial charge in [0.2, 0.25) is 0 Å². The third-order valence-electron chi connectivity index (χ3n) is 5.77. The molecule has 5 rings (SSSR count). The van der Waals surface area contributed by atoms with Crippen molar-refractivity contribution in [2.24, 2.45) is 0 Å². The van der Waals surface area contributed by atoms with E-state index in [0.29, 0.717) is 11.8 Å². The molecule has 0 aliphatic heterocycles. The Morgan fingerprint density at radius 2 is 1.12 bits per heavy atom. The Balaban J connectivity index is 1.77. The predicted molar refractivity (Wildman–Crippen MR) is 108 cm³/mol. The maximum atomic E-state index is 2.48. The van der Waals surface area contributed by atoms with Crippen molar-refractivity contribution in [1.29, 1.82) is 0 Å². The van der Waals surface area contributed by atoms with Gasteiger partial charge in [-0.05, 0) is 33.4 Å². The fourth-order valence-electron chi connectivity index (χ4n) is 4.72. The van der Waals surface area contributed by atoms with Crippen molar-refractivity contribution in [3.05, 3.63) is 100 Å². The van der Waals surface area contributed by atoms with Gasteiger partial charge in [-0.25, -0.2) is 0 Å². The van der Waals surface area contributed by atoms with Crippen molar-refractivity contribution in [3.8, 4) is 11.1 Å². The molecule has 1 unspecified atom stereocenters. The Hall–Kier alpha value is -2.38. The fraction of sp³-hybridized carbons (Fsp3) is 0.167. The number of hydrogen-bond donors (Lipinski definition) is 0. The summed E-state index contributed by atoms with van der Waals surface area (Å²) in [6, 6.07) is 27.0. The van der Waals surface area contributed by atoms with Gasteiger partial charge in [-0.2, -0.15) is 0 Å². The van der Waals surface area contributed by atoms with Gasteiger partial charge in [-0.3, -0.25) is 0 Å². The first-order valence-electron chi connectivity index (χ1n) is 9.05. The second-order valence-electron chi connectivity index (χ2n) is 7.36. The van der Waals surface area contributed by atoms with Crippen LogP contribution in [0.15, 0.2) is 78.0 Å². The van der Waals surface area contributed by atoms with Crippen LogP contribution in [-0.2, 0) is 0 Å². The van der Waals surface area contributed by atoms with Crippen molar-refractivity contribution in [2.75, 3.05) is 0 Å². The van der Waals surface area contributed by atoms with E-state index in [1.54, 1.807) is 5.20 Å². The number of hydrogen-bond acceptors (Lipinski definition) is 0. The minimum Gasteiger partial charge on any atom is -0.0742 e. The molecule has 1 radical (unpaired) electrons. The standard InChI is InChI=1S/C24H21Si/c1-25(2)22-15-16-9-3-4-10-17(16)24(22)23-20-13-7-5-11-18(20)19-12-6-8-14-21(19)23/h3-15,23-24H,1-2H3. The highest BCUT2D eigenvalue weighted by atomic mass is 28.3. The van der Waals surface area contributed by atoms with E-state index in [2.05, 4.69) is 92.0 Å². The lowest BCUT2D eigenvalue weighted by molar-refractivity contribution is 0.728. The van der Waals surface area contributed by atoms with E-state index in [9.17, 15) is 0 Å². The van der Waals surface area contributed by atoms with Crippen molar-refractivity contribution in [3.63, 3.8) is 0 Å². The Labute approximate surface area is 151 Å². The van der Waals surface area contributed by atoms with Gasteiger partial charge in [-0.1, -0.05) is 97.2 Å². The van der Waals surface area contributed by atoms with Gasteiger partial charge in [-0.15, -0.1) is 0 Å². The van der Waals surface area contributed by atoms with E-state index in [1.807, 2.05) is 0 Å². The summed E-state index contributed by atoms with van der Waals surface area (Å²) >= 11 is 0. The number of rotatable bonds is 2. The highest BCUT2D eigenvalue weighted by molar-refractivity contribution is 6.65. The molecule has 2 aliphatic carbocycles. The van der Waals surface area contributed by atoms with E-state index < -0.39 is 8.80 Å². The first-order valence-corrected chi connectivity index (χ1v) is 11.5. The van der Waals surface area contributed by atoms with Crippen LogP contribution >= 0.6 is 0 Å². The fourth-order valence-corrected chi connectivity index (χ4v) is 6.11. The lowest BCUT2D eigenvalue weighted by atomic mass is 9.81. The third-order valence-corrected chi connectivity index (χ3v) is 7.38. The second-order valence-corrected chi connectivity index (χ2v) is 9.94. The molecule has 0 N–H and O–H groups in total. The lowest BCUT2D eigenvalue weighted by Crippen LogP contribution is -2.18. The summed E-state index contributed by atoms with van der Waals surface area (Å²) < 4.78 is 0. The maximum Gasteiger partial charge on any atom is 0.0746 e. The van der Waals surface area contributed by atoms with Crippen LogP contribution in [0.4, 0.5) is 0 Å². The van der Waals surface area contributed by atoms with E-state index in [1.165, 1.54) is 33.4 Å². The van der Waals surface area contributed by atoms with Crippen LogP contribution in [0.2, 0.25) is 13.1 Å². The highest BCUT2D eigenvalue weighted by Gasteiger charge is 2.40. The Morgan fingerprint density at radius 1 is 0.600 bits per heavy atom. The van der Waals surface area contributed by atoms with Crippen LogP contribution < -0.4 is 0 Å². The molecular formula is C24H21Si. The Morgan fingerprint density at radius 3 is 1.72 bits per heavy atom. The highest BCUT2D eigenvalue weighted by Crippen LogP contribution is 2.55. The van der Waals surface area contributed by atoms with E-state index in [4.69, 9.17) is 0 Å². The first-order chi connectivity index (χ1) is 12.3. The van der Waals surface area contributed by atoms with Gasteiger partial charge in [0.15, 0.2) is 0 Å². The van der Waals surface area contributed by atoms with Gasteiger partial charge in [0, 0.05) is 11.8 Å². The third kappa shape index (κ3) is 2.12. The van der Waals surface area contributed by atoms with Crippen molar-refractivity contribution in [2.45, 2.75) is 24.9 Å². The predicted octanol–water partition coefficient (Wildman–Crippen LogP) is 6.27. The molecule has 121 valence electrons. The van der Waals surface area contributed by atoms with Crippen molar-refractivity contribution >= 4 is 14.9 Å². The summed E-state index contributed by atoms with van der Waals surface area (Å²) in [5, 5.41) is 1.67. The van der Waals surface area contributed by atoms with E-state index in [-0.39, 0.29) is 0 Å². The molecule has 1 heteroatoms. The average molecular weight is 338 g/mol. The monoisotopic (exact) mass is 337 g/mol. The number of allylic oxidation sites excluding steroid dienone is 1. The molecule has 0 saturated heterocycles. The minimum atomic E-state index is -0.506. The molecular weight excluding hydrogens is 316 g/mol. The molecule has 3 aromatic carbocycles. The summed E-state index contributed by atoms with van der Waals surface area (Å²) in [7, 11) is -0.506. The zero-order valence-corrected chi connectivity index (χ0v) is 15.7. The van der Waals surface area contributed by atoms with Crippen LogP contribution in [0.3, 0.4) is 0 Å². The molecule has 0 amide bonds. The minimum absolute atomic E-state index is 0.446. The van der Waals surface area contributed by atoms with Gasteiger partial charge >= 0.3 is 0 Å². The zero-order valence-electron chi connectivity index (χ0n) is 14.7. The summed E-state index contributed by atoms with van der Waals surface area (Å²) in [6.45, 7) is 4.87.